The van der Waals surface area contributed by atoms with Crippen molar-refractivity contribution in [2.75, 3.05) is 69.1 Å². The molecule has 3 amide bonds. The van der Waals surface area contributed by atoms with Gasteiger partial charge in [0.15, 0.2) is 18.2 Å². The number of aldehydes is 1. The van der Waals surface area contributed by atoms with E-state index in [0.29, 0.717) is 40.3 Å². The lowest BCUT2D eigenvalue weighted by molar-refractivity contribution is -0.125. The third-order valence-electron chi connectivity index (χ3n) is 13.4. The van der Waals surface area contributed by atoms with Crippen molar-refractivity contribution in [2.24, 2.45) is 5.41 Å². The second-order valence-electron chi connectivity index (χ2n) is 17.9. The van der Waals surface area contributed by atoms with E-state index < -0.39 is 6.04 Å². The number of hydrogen-bond donors (Lipinski definition) is 3. The summed E-state index contributed by atoms with van der Waals surface area (Å²) >= 11 is 6.62. The number of rotatable bonds is 16. The Morgan fingerprint density at radius 3 is 2.40 bits per heavy atom. The number of carbonyl (C=O) groups excluding carboxylic acids is 4. The fourth-order valence-corrected chi connectivity index (χ4v) is 10.0. The van der Waals surface area contributed by atoms with Gasteiger partial charge in [0.1, 0.15) is 23.1 Å². The van der Waals surface area contributed by atoms with Crippen molar-refractivity contribution in [1.82, 2.24) is 30.1 Å². The highest BCUT2D eigenvalue weighted by atomic mass is 35.5. The van der Waals surface area contributed by atoms with Gasteiger partial charge in [-0.1, -0.05) is 11.6 Å². The van der Waals surface area contributed by atoms with Crippen LogP contribution in [-0.2, 0) is 25.7 Å². The SMILES string of the molecule is CNC(=O)COc1cc2cc(Nc3nc(N4CCC(OC5CCC6(CC5)CN(c5cc(OC)cc7c5CN(C(CCC=O)C(=O)NC)C7=O)C6)CC4)ncc3Cl)ccc2n(C(C)C)c1=O. The Hall–Kier alpha value is -5.94. The van der Waals surface area contributed by atoms with Crippen molar-refractivity contribution in [2.45, 2.75) is 96.1 Å². The molecule has 346 valence electrons. The van der Waals surface area contributed by atoms with Crippen LogP contribution in [0, 0.1) is 5.41 Å². The van der Waals surface area contributed by atoms with E-state index in [0.717, 1.165) is 93.1 Å². The highest BCUT2D eigenvalue weighted by molar-refractivity contribution is 6.33. The van der Waals surface area contributed by atoms with Crippen molar-refractivity contribution >= 4 is 69.7 Å². The Bertz CT molecular complexity index is 2510. The molecule has 17 nitrogen and oxygen atoms in total. The van der Waals surface area contributed by atoms with Gasteiger partial charge in [0.25, 0.3) is 17.4 Å². The zero-order valence-corrected chi connectivity index (χ0v) is 38.4. The molecule has 4 aromatic rings. The molecule has 3 N–H and O–H groups in total. The maximum absolute atomic E-state index is 13.7. The third kappa shape index (κ3) is 9.44. The molecule has 3 fully saturated rings. The number of piperidine rings is 1. The Kier molecular flexibility index (Phi) is 13.5. The van der Waals surface area contributed by atoms with Gasteiger partial charge in [0.2, 0.25) is 11.9 Å². The van der Waals surface area contributed by atoms with E-state index in [4.69, 9.17) is 30.8 Å². The second kappa shape index (κ2) is 19.3. The van der Waals surface area contributed by atoms with Crippen LogP contribution in [0.3, 0.4) is 0 Å². The van der Waals surface area contributed by atoms with E-state index >= 15 is 0 Å². The first-order valence-electron chi connectivity index (χ1n) is 22.5. The van der Waals surface area contributed by atoms with Gasteiger partial charge in [0.05, 0.1) is 36.6 Å². The average molecular weight is 912 g/mol. The summed E-state index contributed by atoms with van der Waals surface area (Å²) < 4.78 is 19.6. The molecule has 2 saturated heterocycles. The Morgan fingerprint density at radius 2 is 1.72 bits per heavy atom. The molecule has 0 radical (unpaired) electrons. The number of anilines is 4. The van der Waals surface area contributed by atoms with Gasteiger partial charge in [-0.3, -0.25) is 19.2 Å². The van der Waals surface area contributed by atoms with Crippen LogP contribution in [0.15, 0.2) is 47.4 Å². The average Bonchev–Trinajstić information content (AvgIpc) is 3.63. The number of aromatic nitrogens is 3. The molecular weight excluding hydrogens is 854 g/mol. The summed E-state index contributed by atoms with van der Waals surface area (Å²) in [7, 11) is 4.65. The Morgan fingerprint density at radius 1 is 0.985 bits per heavy atom. The first-order chi connectivity index (χ1) is 31.3. The van der Waals surface area contributed by atoms with Gasteiger partial charge in [-0.2, -0.15) is 4.98 Å². The molecule has 65 heavy (non-hydrogen) atoms. The summed E-state index contributed by atoms with van der Waals surface area (Å²) in [5, 5.41) is 9.62. The molecule has 1 saturated carbocycles. The van der Waals surface area contributed by atoms with Crippen molar-refractivity contribution in [3.8, 4) is 11.5 Å². The number of pyridine rings is 1. The van der Waals surface area contributed by atoms with E-state index in [-0.39, 0.29) is 72.1 Å². The smallest absolute Gasteiger partial charge is 0.293 e. The highest BCUT2D eigenvalue weighted by Crippen LogP contribution is 2.49. The fraction of sp³-hybridized carbons (Fsp3) is 0.511. The van der Waals surface area contributed by atoms with Crippen molar-refractivity contribution in [3.63, 3.8) is 0 Å². The minimum absolute atomic E-state index is 0.0883. The molecular formula is C47H58ClN9O8. The van der Waals surface area contributed by atoms with Crippen molar-refractivity contribution < 1.29 is 33.4 Å². The number of nitrogens with one attached hydrogen (secondary N) is 3. The third-order valence-corrected chi connectivity index (χ3v) is 13.7. The van der Waals surface area contributed by atoms with E-state index in [1.807, 2.05) is 38.1 Å². The van der Waals surface area contributed by atoms with Gasteiger partial charge < -0.3 is 54.2 Å². The van der Waals surface area contributed by atoms with Gasteiger partial charge in [0, 0.05) is 93.1 Å². The summed E-state index contributed by atoms with van der Waals surface area (Å²) in [5.41, 5.74) is 3.73. The molecule has 2 aromatic heterocycles. The number of carbonyl (C=O) groups is 4. The molecule has 5 heterocycles. The minimum Gasteiger partial charge on any atom is -0.497 e. The van der Waals surface area contributed by atoms with Gasteiger partial charge in [-0.05, 0) is 89.1 Å². The van der Waals surface area contributed by atoms with Gasteiger partial charge in [-0.25, -0.2) is 4.98 Å². The number of likely N-dealkylation sites (N-methyl/N-ethyl adjacent to an activating group) is 2. The number of amides is 3. The molecule has 2 aromatic carbocycles. The van der Waals surface area contributed by atoms with Crippen LogP contribution >= 0.6 is 11.6 Å². The standard InChI is InChI=1S/C47H58ClN9O8/c1-28(2)57-37-9-8-30(19-29(37)20-40(45(57)62)64-25-41(59)49-3)52-42-36(48)23-51-46(53-42)54-16-12-32(13-17-54)65-31-10-14-47(15-11-31)26-55(27-47)39-22-33(63-5)21-34-35(39)24-56(44(34)61)38(7-6-18-58)43(60)50-4/h8-9,18-23,28,31-32,38H,6-7,10-17,24-27H2,1-5H3,(H,49,59)(H,50,60)(H,51,52,53). The number of hydrogen-bond acceptors (Lipinski definition) is 13. The molecule has 3 aliphatic heterocycles. The minimum atomic E-state index is -0.728. The van der Waals surface area contributed by atoms with Crippen LogP contribution in [0.5, 0.6) is 11.5 Å². The predicted octanol–water partition coefficient (Wildman–Crippen LogP) is 5.39. The molecule has 4 aliphatic rings. The number of fused-ring (bicyclic) bond motifs is 2. The van der Waals surface area contributed by atoms with E-state index in [1.54, 1.807) is 42.0 Å². The summed E-state index contributed by atoms with van der Waals surface area (Å²) in [4.78, 5) is 78.3. The maximum Gasteiger partial charge on any atom is 0.293 e. The summed E-state index contributed by atoms with van der Waals surface area (Å²) in [5.74, 6) is 0.891. The topological polar surface area (TPSA) is 190 Å². The van der Waals surface area contributed by atoms with Crippen LogP contribution in [0.4, 0.5) is 23.1 Å². The molecule has 1 atom stereocenters. The Balaban J connectivity index is 0.849. The van der Waals surface area contributed by atoms with Gasteiger partial charge >= 0.3 is 0 Å². The van der Waals surface area contributed by atoms with Crippen LogP contribution in [0.2, 0.25) is 5.02 Å². The summed E-state index contributed by atoms with van der Waals surface area (Å²) in [6.45, 7) is 7.12. The zero-order chi connectivity index (χ0) is 46.0. The van der Waals surface area contributed by atoms with Crippen molar-refractivity contribution in [3.05, 3.63) is 69.1 Å². The Labute approximate surface area is 383 Å². The number of methoxy groups -OCH3 is 1. The lowest BCUT2D eigenvalue weighted by Gasteiger charge is -2.55. The summed E-state index contributed by atoms with van der Waals surface area (Å²) in [6, 6.07) is 10.2. The number of nitrogens with zero attached hydrogens (tertiary/aromatic N) is 6. The molecule has 1 aliphatic carbocycles. The first-order valence-corrected chi connectivity index (χ1v) is 22.9. The maximum atomic E-state index is 13.7. The van der Waals surface area contributed by atoms with E-state index in [2.05, 4.69) is 30.7 Å². The first kappa shape index (κ1) is 45.6. The molecule has 0 bridgehead atoms. The normalized spacial score (nSPS) is 17.8. The van der Waals surface area contributed by atoms with E-state index in [1.165, 1.54) is 7.05 Å². The second-order valence-corrected chi connectivity index (χ2v) is 18.3. The summed E-state index contributed by atoms with van der Waals surface area (Å²) in [6.07, 6.45) is 8.99. The molecule has 18 heteroatoms. The zero-order valence-electron chi connectivity index (χ0n) is 37.7. The van der Waals surface area contributed by atoms with Gasteiger partial charge in [-0.15, -0.1) is 0 Å². The fourth-order valence-electron chi connectivity index (χ4n) is 9.88. The lowest BCUT2D eigenvalue weighted by Crippen LogP contribution is -2.58. The molecule has 1 unspecified atom stereocenters. The quantitative estimate of drug-likeness (QED) is 0.122. The molecule has 8 rings (SSSR count). The van der Waals surface area contributed by atoms with Crippen LogP contribution < -0.4 is 40.8 Å². The highest BCUT2D eigenvalue weighted by Gasteiger charge is 2.48. The largest absolute Gasteiger partial charge is 0.497 e. The van der Waals surface area contributed by atoms with Crippen molar-refractivity contribution in [1.29, 1.82) is 0 Å². The molecule has 1 spiro atoms. The predicted molar refractivity (Wildman–Crippen MR) is 248 cm³/mol. The number of ether oxygens (including phenoxy) is 3. The van der Waals surface area contributed by atoms with Crippen LogP contribution in [0.1, 0.15) is 87.2 Å². The number of halogens is 1. The monoisotopic (exact) mass is 911 g/mol. The van der Waals surface area contributed by atoms with E-state index in [9.17, 15) is 24.0 Å². The lowest BCUT2D eigenvalue weighted by atomic mass is 9.67. The van der Waals surface area contributed by atoms with Crippen LogP contribution in [-0.4, -0.2) is 116 Å². The van der Waals surface area contributed by atoms with Crippen LogP contribution in [0.25, 0.3) is 10.9 Å². The number of benzene rings is 2.